The van der Waals surface area contributed by atoms with Gasteiger partial charge in [-0.2, -0.15) is 0 Å². The summed E-state index contributed by atoms with van der Waals surface area (Å²) in [5, 5.41) is 0. The lowest BCUT2D eigenvalue weighted by Gasteiger charge is -2.20. The molecule has 1 nitrogen and oxygen atoms in total. The average molecular weight is 230 g/mol. The second-order valence-electron chi connectivity index (χ2n) is 6.34. The largest absolute Gasteiger partial charge is 0.294 e. The molecular formula is C16H22O. The summed E-state index contributed by atoms with van der Waals surface area (Å²) in [6, 6.07) is 6.45. The molecule has 1 aliphatic rings. The fraction of sp³-hybridized carbons (Fsp3) is 0.562. The highest BCUT2D eigenvalue weighted by Crippen LogP contribution is 2.34. The lowest BCUT2D eigenvalue weighted by molar-refractivity contribution is 0.0934. The Labute approximate surface area is 104 Å². The molecule has 0 heterocycles. The number of Topliss-reactive ketones (excluding diaryl/α,β-unsaturated/α-hetero) is 1. The first-order chi connectivity index (χ1) is 7.89. The van der Waals surface area contributed by atoms with Crippen LogP contribution in [0.3, 0.4) is 0 Å². The van der Waals surface area contributed by atoms with E-state index >= 15 is 0 Å². The Balaban J connectivity index is 2.42. The van der Waals surface area contributed by atoms with Gasteiger partial charge in [0.05, 0.1) is 0 Å². The van der Waals surface area contributed by atoms with E-state index in [4.69, 9.17) is 0 Å². The fourth-order valence-corrected chi connectivity index (χ4v) is 2.52. The molecule has 2 rings (SSSR count). The number of carbonyl (C=O) groups is 1. The minimum Gasteiger partial charge on any atom is -0.294 e. The summed E-state index contributed by atoms with van der Waals surface area (Å²) in [5.41, 5.74) is 3.64. The van der Waals surface area contributed by atoms with Gasteiger partial charge >= 0.3 is 0 Å². The van der Waals surface area contributed by atoms with Gasteiger partial charge in [-0.25, -0.2) is 0 Å². The maximum atomic E-state index is 12.3. The number of carbonyl (C=O) groups excluding carboxylic acids is 1. The number of rotatable bonds is 1. The summed E-state index contributed by atoms with van der Waals surface area (Å²) in [5.74, 6) is 0.814. The average Bonchev–Trinajstić information content (AvgIpc) is 2.35. The van der Waals surface area contributed by atoms with E-state index in [0.29, 0.717) is 18.1 Å². The summed E-state index contributed by atoms with van der Waals surface area (Å²) in [6.45, 7) is 8.74. The normalized spacial score (nSPS) is 19.0. The Morgan fingerprint density at radius 1 is 1.24 bits per heavy atom. The molecule has 1 aromatic rings. The summed E-state index contributed by atoms with van der Waals surface area (Å²) in [7, 11) is 0. The van der Waals surface area contributed by atoms with Gasteiger partial charge in [-0.15, -0.1) is 0 Å². The van der Waals surface area contributed by atoms with Crippen LogP contribution in [0.15, 0.2) is 18.2 Å². The molecule has 0 bridgehead atoms. The lowest BCUT2D eigenvalue weighted by Crippen LogP contribution is -2.14. The van der Waals surface area contributed by atoms with Crippen molar-refractivity contribution in [3.05, 3.63) is 34.9 Å². The Bertz CT molecular complexity index is 441. The van der Waals surface area contributed by atoms with E-state index in [2.05, 4.69) is 45.9 Å². The van der Waals surface area contributed by atoms with Gasteiger partial charge in [0, 0.05) is 12.0 Å². The molecule has 0 N–H and O–H groups in total. The van der Waals surface area contributed by atoms with Gasteiger partial charge in [0.15, 0.2) is 5.78 Å². The van der Waals surface area contributed by atoms with Crippen molar-refractivity contribution in [2.75, 3.05) is 0 Å². The van der Waals surface area contributed by atoms with E-state index in [9.17, 15) is 4.79 Å². The van der Waals surface area contributed by atoms with Gasteiger partial charge in [-0.1, -0.05) is 39.8 Å². The number of hydrogen-bond acceptors (Lipinski definition) is 1. The minimum atomic E-state index is 0.147. The molecule has 1 heteroatoms. The molecule has 0 aromatic heterocycles. The van der Waals surface area contributed by atoms with Crippen LogP contribution in [0.2, 0.25) is 0 Å². The first-order valence-corrected chi connectivity index (χ1v) is 6.55. The van der Waals surface area contributed by atoms with E-state index in [-0.39, 0.29) is 5.41 Å². The van der Waals surface area contributed by atoms with Gasteiger partial charge in [-0.05, 0) is 41.4 Å². The SMILES string of the molecule is CC(C)c1ccc2c(c1)C(=O)CC(C)(C)CC2. The number of fused-ring (bicyclic) bond motifs is 1. The van der Waals surface area contributed by atoms with Crippen molar-refractivity contribution in [2.45, 2.75) is 52.9 Å². The van der Waals surface area contributed by atoms with Crippen molar-refractivity contribution in [3.8, 4) is 0 Å². The third-order valence-corrected chi connectivity index (χ3v) is 3.81. The Morgan fingerprint density at radius 3 is 2.59 bits per heavy atom. The maximum Gasteiger partial charge on any atom is 0.163 e. The van der Waals surface area contributed by atoms with Crippen molar-refractivity contribution < 1.29 is 4.79 Å². The van der Waals surface area contributed by atoms with Gasteiger partial charge in [-0.3, -0.25) is 4.79 Å². The predicted molar refractivity (Wildman–Crippen MR) is 71.6 cm³/mol. The fourth-order valence-electron chi connectivity index (χ4n) is 2.52. The van der Waals surface area contributed by atoms with Crippen LogP contribution >= 0.6 is 0 Å². The number of benzene rings is 1. The van der Waals surface area contributed by atoms with Crippen molar-refractivity contribution >= 4 is 5.78 Å². The third kappa shape index (κ3) is 2.59. The van der Waals surface area contributed by atoms with Crippen molar-refractivity contribution in [1.82, 2.24) is 0 Å². The summed E-state index contributed by atoms with van der Waals surface area (Å²) < 4.78 is 0. The zero-order valence-corrected chi connectivity index (χ0v) is 11.3. The second-order valence-corrected chi connectivity index (χ2v) is 6.34. The zero-order valence-electron chi connectivity index (χ0n) is 11.3. The smallest absolute Gasteiger partial charge is 0.163 e. The molecule has 0 radical (unpaired) electrons. The quantitative estimate of drug-likeness (QED) is 0.655. The molecule has 0 fully saturated rings. The monoisotopic (exact) mass is 230 g/mol. The van der Waals surface area contributed by atoms with Crippen LogP contribution < -0.4 is 0 Å². The maximum absolute atomic E-state index is 12.3. The molecule has 1 aliphatic carbocycles. The van der Waals surface area contributed by atoms with Crippen molar-refractivity contribution in [1.29, 1.82) is 0 Å². The second kappa shape index (κ2) is 4.29. The number of hydrogen-bond donors (Lipinski definition) is 0. The topological polar surface area (TPSA) is 17.1 Å². The molecule has 0 atom stereocenters. The van der Waals surface area contributed by atoms with E-state index in [1.807, 2.05) is 0 Å². The Kier molecular flexibility index (Phi) is 3.11. The number of ketones is 1. The van der Waals surface area contributed by atoms with Crippen LogP contribution in [0.25, 0.3) is 0 Å². The summed E-state index contributed by atoms with van der Waals surface area (Å²) >= 11 is 0. The van der Waals surface area contributed by atoms with Crippen LogP contribution in [-0.4, -0.2) is 5.78 Å². The van der Waals surface area contributed by atoms with Gasteiger partial charge in [0.25, 0.3) is 0 Å². The molecule has 0 saturated carbocycles. The third-order valence-electron chi connectivity index (χ3n) is 3.81. The first kappa shape index (κ1) is 12.3. The highest BCUT2D eigenvalue weighted by atomic mass is 16.1. The van der Waals surface area contributed by atoms with Crippen molar-refractivity contribution in [3.63, 3.8) is 0 Å². The Morgan fingerprint density at radius 2 is 1.94 bits per heavy atom. The van der Waals surface area contributed by atoms with E-state index in [1.54, 1.807) is 0 Å². The van der Waals surface area contributed by atoms with Crippen LogP contribution in [0.5, 0.6) is 0 Å². The van der Waals surface area contributed by atoms with Crippen molar-refractivity contribution in [2.24, 2.45) is 5.41 Å². The zero-order chi connectivity index (χ0) is 12.6. The first-order valence-electron chi connectivity index (χ1n) is 6.55. The predicted octanol–water partition coefficient (Wildman–Crippen LogP) is 4.36. The lowest BCUT2D eigenvalue weighted by atomic mass is 9.84. The van der Waals surface area contributed by atoms with Crippen LogP contribution in [0.4, 0.5) is 0 Å². The van der Waals surface area contributed by atoms with Crippen LogP contribution in [0, 0.1) is 5.41 Å². The van der Waals surface area contributed by atoms with Gasteiger partial charge in [0.1, 0.15) is 0 Å². The molecule has 0 spiro atoms. The van der Waals surface area contributed by atoms with Crippen LogP contribution in [-0.2, 0) is 6.42 Å². The summed E-state index contributed by atoms with van der Waals surface area (Å²) in [6.07, 6.45) is 2.82. The summed E-state index contributed by atoms with van der Waals surface area (Å²) in [4.78, 5) is 12.3. The highest BCUT2D eigenvalue weighted by molar-refractivity contribution is 5.98. The van der Waals surface area contributed by atoms with E-state index in [1.165, 1.54) is 11.1 Å². The molecule has 0 unspecified atom stereocenters. The van der Waals surface area contributed by atoms with E-state index < -0.39 is 0 Å². The molecular weight excluding hydrogens is 208 g/mol. The van der Waals surface area contributed by atoms with Gasteiger partial charge < -0.3 is 0 Å². The highest BCUT2D eigenvalue weighted by Gasteiger charge is 2.28. The standard InChI is InChI=1S/C16H22O/c1-11(2)13-6-5-12-7-8-16(3,4)10-15(17)14(12)9-13/h5-6,9,11H,7-8,10H2,1-4H3. The molecule has 17 heavy (non-hydrogen) atoms. The molecule has 0 aliphatic heterocycles. The molecule has 92 valence electrons. The molecule has 0 amide bonds. The van der Waals surface area contributed by atoms with Gasteiger partial charge in [0.2, 0.25) is 0 Å². The number of aryl methyl sites for hydroxylation is 1. The minimum absolute atomic E-state index is 0.147. The molecule has 1 aromatic carbocycles. The van der Waals surface area contributed by atoms with Crippen LogP contribution in [0.1, 0.15) is 67.9 Å². The Hall–Kier alpha value is -1.11. The van der Waals surface area contributed by atoms with E-state index in [0.717, 1.165) is 18.4 Å². The molecule has 0 saturated heterocycles.